The van der Waals surface area contributed by atoms with Gasteiger partial charge in [0.05, 0.1) is 19.3 Å². The lowest BCUT2D eigenvalue weighted by Gasteiger charge is -2.32. The van der Waals surface area contributed by atoms with Crippen molar-refractivity contribution in [1.29, 1.82) is 0 Å². The fraction of sp³-hybridized carbons (Fsp3) is 0.529. The van der Waals surface area contributed by atoms with E-state index >= 15 is 0 Å². The van der Waals surface area contributed by atoms with Crippen LogP contribution in [0.1, 0.15) is 33.3 Å². The zero-order valence-corrected chi connectivity index (χ0v) is 15.4. The molecular weight excluding hydrogens is 275 g/mol. The molecule has 1 aliphatic rings. The van der Waals surface area contributed by atoms with E-state index in [9.17, 15) is 0 Å². The molecule has 0 bridgehead atoms. The van der Waals surface area contributed by atoms with Crippen LogP contribution in [0.2, 0.25) is 19.6 Å². The minimum atomic E-state index is -1.55. The summed E-state index contributed by atoms with van der Waals surface area (Å²) in [6.45, 7) is 15.5. The Bertz CT molecular complexity index is 513. The number of benzene rings is 1. The van der Waals surface area contributed by atoms with Crippen molar-refractivity contribution >= 4 is 21.3 Å². The van der Waals surface area contributed by atoms with Crippen LogP contribution in [0.3, 0.4) is 0 Å². The Morgan fingerprint density at radius 3 is 1.86 bits per heavy atom. The molecule has 114 valence electrons. The summed E-state index contributed by atoms with van der Waals surface area (Å²) in [6, 6.07) is 10.4. The van der Waals surface area contributed by atoms with Gasteiger partial charge >= 0.3 is 7.12 Å². The van der Waals surface area contributed by atoms with Gasteiger partial charge in [-0.05, 0) is 33.3 Å². The molecule has 2 rings (SSSR count). The highest BCUT2D eigenvalue weighted by molar-refractivity contribution is 6.96. The molecule has 1 aromatic carbocycles. The van der Waals surface area contributed by atoms with Gasteiger partial charge in [0.25, 0.3) is 0 Å². The van der Waals surface area contributed by atoms with E-state index in [1.807, 2.05) is 6.07 Å². The van der Waals surface area contributed by atoms with Crippen molar-refractivity contribution in [3.8, 4) is 0 Å². The molecular formula is C17H27BO2Si. The van der Waals surface area contributed by atoms with Crippen LogP contribution in [-0.4, -0.2) is 26.4 Å². The van der Waals surface area contributed by atoms with Gasteiger partial charge in [0, 0.05) is 0 Å². The maximum atomic E-state index is 6.27. The molecule has 0 atom stereocenters. The van der Waals surface area contributed by atoms with E-state index in [1.54, 1.807) is 0 Å². The molecule has 0 N–H and O–H groups in total. The molecule has 0 saturated carbocycles. The van der Waals surface area contributed by atoms with Crippen LogP contribution in [-0.2, 0) is 9.31 Å². The van der Waals surface area contributed by atoms with E-state index in [4.69, 9.17) is 9.31 Å². The first kappa shape index (κ1) is 16.5. The fourth-order valence-electron chi connectivity index (χ4n) is 2.34. The van der Waals surface area contributed by atoms with Crippen molar-refractivity contribution in [2.24, 2.45) is 0 Å². The van der Waals surface area contributed by atoms with Crippen LogP contribution in [0.15, 0.2) is 35.4 Å². The zero-order valence-electron chi connectivity index (χ0n) is 14.4. The van der Waals surface area contributed by atoms with Crippen molar-refractivity contribution in [2.45, 2.75) is 58.5 Å². The monoisotopic (exact) mass is 302 g/mol. The lowest BCUT2D eigenvalue weighted by Crippen LogP contribution is -2.41. The standard InChI is InChI=1S/C17H27BO2Si/c1-16(2)17(3,4)20-18(19-16)15(21(5,6)7)13-14-11-9-8-10-12-14/h8-13H,1-7H3/b15-13-. The topological polar surface area (TPSA) is 18.5 Å². The summed E-state index contributed by atoms with van der Waals surface area (Å²) in [7, 11) is -1.78. The molecule has 1 fully saturated rings. The van der Waals surface area contributed by atoms with Crippen molar-refractivity contribution in [2.75, 3.05) is 0 Å². The maximum Gasteiger partial charge on any atom is 0.486 e. The molecule has 1 aliphatic heterocycles. The van der Waals surface area contributed by atoms with Gasteiger partial charge in [-0.15, -0.1) is 0 Å². The van der Waals surface area contributed by atoms with Crippen LogP contribution in [0.25, 0.3) is 6.08 Å². The number of hydrogen-bond acceptors (Lipinski definition) is 2. The third-order valence-electron chi connectivity index (χ3n) is 4.49. The minimum Gasteiger partial charge on any atom is -0.400 e. The molecule has 0 aliphatic carbocycles. The average molecular weight is 302 g/mol. The molecule has 1 heterocycles. The normalized spacial score (nSPS) is 21.7. The predicted octanol–water partition coefficient (Wildman–Crippen LogP) is 4.58. The summed E-state index contributed by atoms with van der Waals surface area (Å²) in [5, 5.41) is 1.31. The first-order valence-electron chi connectivity index (χ1n) is 7.66. The Kier molecular flexibility index (Phi) is 4.26. The maximum absolute atomic E-state index is 6.27. The summed E-state index contributed by atoms with van der Waals surface area (Å²) >= 11 is 0. The third kappa shape index (κ3) is 3.50. The van der Waals surface area contributed by atoms with Crippen LogP contribution in [0.4, 0.5) is 0 Å². The molecule has 21 heavy (non-hydrogen) atoms. The quantitative estimate of drug-likeness (QED) is 0.761. The van der Waals surface area contributed by atoms with Gasteiger partial charge in [-0.25, -0.2) is 0 Å². The van der Waals surface area contributed by atoms with Crippen molar-refractivity contribution < 1.29 is 9.31 Å². The molecule has 2 nitrogen and oxygen atoms in total. The van der Waals surface area contributed by atoms with E-state index < -0.39 is 8.07 Å². The Balaban J connectivity index is 2.38. The van der Waals surface area contributed by atoms with Crippen LogP contribution in [0, 0.1) is 0 Å². The Labute approximate surface area is 130 Å². The zero-order chi connectivity index (χ0) is 15.9. The summed E-state index contributed by atoms with van der Waals surface area (Å²) in [4.78, 5) is 0. The molecule has 0 spiro atoms. The van der Waals surface area contributed by atoms with Crippen molar-refractivity contribution in [1.82, 2.24) is 0 Å². The molecule has 0 aromatic heterocycles. The SMILES string of the molecule is CC1(C)OB(/C(=C/c2ccccc2)[Si](C)(C)C)OC1(C)C. The summed E-state index contributed by atoms with van der Waals surface area (Å²) in [5.41, 5.74) is 0.643. The first-order chi connectivity index (χ1) is 9.53. The van der Waals surface area contributed by atoms with Crippen molar-refractivity contribution in [3.05, 3.63) is 41.0 Å². The summed E-state index contributed by atoms with van der Waals surface area (Å²) in [6.07, 6.45) is 2.26. The van der Waals surface area contributed by atoms with Gasteiger partial charge in [0.1, 0.15) is 0 Å². The van der Waals surface area contributed by atoms with Crippen LogP contribution >= 0.6 is 0 Å². The Hall–Kier alpha value is -0.838. The number of rotatable bonds is 3. The highest BCUT2D eigenvalue weighted by Gasteiger charge is 2.53. The van der Waals surface area contributed by atoms with E-state index in [0.29, 0.717) is 0 Å². The van der Waals surface area contributed by atoms with E-state index in [1.165, 1.54) is 10.7 Å². The van der Waals surface area contributed by atoms with E-state index in [-0.39, 0.29) is 18.3 Å². The fourth-order valence-corrected chi connectivity index (χ4v) is 3.76. The van der Waals surface area contributed by atoms with Gasteiger partial charge in [-0.1, -0.05) is 61.1 Å². The largest absolute Gasteiger partial charge is 0.486 e. The van der Waals surface area contributed by atoms with Gasteiger partial charge in [0.15, 0.2) is 0 Å². The van der Waals surface area contributed by atoms with Gasteiger partial charge in [0.2, 0.25) is 0 Å². The van der Waals surface area contributed by atoms with E-state index in [0.717, 1.165) is 0 Å². The highest BCUT2D eigenvalue weighted by Crippen LogP contribution is 2.40. The van der Waals surface area contributed by atoms with Crippen molar-refractivity contribution in [3.63, 3.8) is 0 Å². The first-order valence-corrected chi connectivity index (χ1v) is 11.2. The second-order valence-corrected chi connectivity index (χ2v) is 12.9. The summed E-state index contributed by atoms with van der Waals surface area (Å²) in [5.74, 6) is 0. The highest BCUT2D eigenvalue weighted by atomic mass is 28.3. The average Bonchev–Trinajstić information content (AvgIpc) is 2.55. The Morgan fingerprint density at radius 2 is 1.43 bits per heavy atom. The molecule has 0 unspecified atom stereocenters. The predicted molar refractivity (Wildman–Crippen MR) is 93.8 cm³/mol. The second-order valence-electron chi connectivity index (χ2n) is 7.85. The van der Waals surface area contributed by atoms with Crippen LogP contribution in [0.5, 0.6) is 0 Å². The van der Waals surface area contributed by atoms with Gasteiger partial charge in [-0.2, -0.15) is 0 Å². The molecule has 1 aromatic rings. The summed E-state index contributed by atoms with van der Waals surface area (Å²) < 4.78 is 12.5. The van der Waals surface area contributed by atoms with Gasteiger partial charge in [-0.3, -0.25) is 0 Å². The van der Waals surface area contributed by atoms with Crippen LogP contribution < -0.4 is 0 Å². The second kappa shape index (κ2) is 5.42. The smallest absolute Gasteiger partial charge is 0.400 e. The minimum absolute atomic E-state index is 0.234. The third-order valence-corrected chi connectivity index (χ3v) is 6.61. The van der Waals surface area contributed by atoms with E-state index in [2.05, 4.69) is 77.7 Å². The molecule has 4 heteroatoms. The Morgan fingerprint density at radius 1 is 0.952 bits per heavy atom. The van der Waals surface area contributed by atoms with Gasteiger partial charge < -0.3 is 9.31 Å². The number of hydrogen-bond donors (Lipinski definition) is 0. The molecule has 0 amide bonds. The molecule has 1 saturated heterocycles. The lowest BCUT2D eigenvalue weighted by molar-refractivity contribution is 0.00578. The lowest BCUT2D eigenvalue weighted by atomic mass is 9.88. The molecule has 0 radical (unpaired) electrons.